The second-order valence-electron chi connectivity index (χ2n) is 6.71. The molecule has 1 spiro atoms. The summed E-state index contributed by atoms with van der Waals surface area (Å²) in [5, 5.41) is 3.09. The van der Waals surface area contributed by atoms with Gasteiger partial charge < -0.3 is 14.8 Å². The summed E-state index contributed by atoms with van der Waals surface area (Å²) in [5.41, 5.74) is 2.76. The maximum Gasteiger partial charge on any atom is 0.298 e. The van der Waals surface area contributed by atoms with Crippen molar-refractivity contribution in [2.45, 2.75) is 51.2 Å². The largest absolute Gasteiger partial charge is 0.430 e. The van der Waals surface area contributed by atoms with Crippen molar-refractivity contribution in [2.24, 2.45) is 0 Å². The van der Waals surface area contributed by atoms with Crippen molar-refractivity contribution in [1.29, 1.82) is 0 Å². The molecule has 0 saturated heterocycles. The van der Waals surface area contributed by atoms with Crippen LogP contribution in [0.25, 0.3) is 5.57 Å². The number of amides is 1. The Morgan fingerprint density at radius 1 is 1.25 bits per heavy atom. The predicted octanol–water partition coefficient (Wildman–Crippen LogP) is 2.65. The number of carbonyl (C=O) groups is 2. The van der Waals surface area contributed by atoms with Gasteiger partial charge in [0, 0.05) is 7.11 Å². The van der Waals surface area contributed by atoms with E-state index < -0.39 is 5.54 Å². The lowest BCUT2D eigenvalue weighted by atomic mass is 9.79. The third-order valence-corrected chi connectivity index (χ3v) is 5.19. The van der Waals surface area contributed by atoms with Gasteiger partial charge in [0.25, 0.3) is 12.4 Å². The van der Waals surface area contributed by atoms with Gasteiger partial charge in [-0.05, 0) is 50.7 Å². The monoisotopic (exact) mass is 329 g/mol. The van der Waals surface area contributed by atoms with Gasteiger partial charge in [-0.15, -0.1) is 0 Å². The van der Waals surface area contributed by atoms with Crippen LogP contribution >= 0.6 is 0 Å². The molecule has 5 heteroatoms. The lowest BCUT2D eigenvalue weighted by molar-refractivity contribution is -0.126. The number of hydrogen-bond donors (Lipinski definition) is 1. The van der Waals surface area contributed by atoms with Crippen LogP contribution in [0.4, 0.5) is 0 Å². The summed E-state index contributed by atoms with van der Waals surface area (Å²) < 4.78 is 10.8. The molecule has 2 aliphatic rings. The van der Waals surface area contributed by atoms with Crippen molar-refractivity contribution in [3.05, 3.63) is 40.6 Å². The first-order valence-corrected chi connectivity index (χ1v) is 8.29. The van der Waals surface area contributed by atoms with Crippen LogP contribution in [-0.2, 0) is 19.1 Å². The van der Waals surface area contributed by atoms with E-state index in [1.165, 1.54) is 0 Å². The molecule has 1 N–H and O–H groups in total. The number of carbonyl (C=O) groups excluding carboxylic acids is 2. The molecule has 1 aliphatic carbocycles. The number of rotatable bonds is 4. The quantitative estimate of drug-likeness (QED) is 0.863. The van der Waals surface area contributed by atoms with Crippen molar-refractivity contribution in [2.75, 3.05) is 7.11 Å². The molecule has 0 atom stereocenters. The minimum absolute atomic E-state index is 0.170. The highest BCUT2D eigenvalue weighted by Gasteiger charge is 2.49. The Kier molecular flexibility index (Phi) is 4.45. The highest BCUT2D eigenvalue weighted by Crippen LogP contribution is 2.43. The van der Waals surface area contributed by atoms with Gasteiger partial charge in [-0.1, -0.05) is 23.8 Å². The topological polar surface area (TPSA) is 64.6 Å². The lowest BCUT2D eigenvalue weighted by Gasteiger charge is -2.37. The number of aryl methyl sites for hydroxylation is 2. The van der Waals surface area contributed by atoms with E-state index in [9.17, 15) is 9.59 Å². The smallest absolute Gasteiger partial charge is 0.298 e. The maximum atomic E-state index is 12.8. The summed E-state index contributed by atoms with van der Waals surface area (Å²) in [6.45, 7) is 4.36. The molecule has 1 aromatic carbocycles. The summed E-state index contributed by atoms with van der Waals surface area (Å²) >= 11 is 0. The molecule has 1 aliphatic heterocycles. The van der Waals surface area contributed by atoms with Crippen LogP contribution in [0, 0.1) is 13.8 Å². The average molecular weight is 329 g/mol. The van der Waals surface area contributed by atoms with E-state index in [0.717, 1.165) is 29.5 Å². The molecule has 1 heterocycles. The van der Waals surface area contributed by atoms with Crippen LogP contribution < -0.4 is 5.32 Å². The van der Waals surface area contributed by atoms with E-state index in [2.05, 4.69) is 5.32 Å². The molecule has 24 heavy (non-hydrogen) atoms. The zero-order valence-corrected chi connectivity index (χ0v) is 14.3. The van der Waals surface area contributed by atoms with Gasteiger partial charge in [0.15, 0.2) is 0 Å². The fourth-order valence-electron chi connectivity index (χ4n) is 3.82. The molecular formula is C19H23NO4. The van der Waals surface area contributed by atoms with Crippen LogP contribution in [0.5, 0.6) is 0 Å². The second kappa shape index (κ2) is 6.40. The molecule has 1 saturated carbocycles. The first-order chi connectivity index (χ1) is 11.5. The SMILES string of the molecule is CO[C@H]1CC[C@]2(CC1)NC(=O)C(c1cc(C)ccc1C)=C2OC=O. The molecular weight excluding hydrogens is 306 g/mol. The molecule has 5 nitrogen and oxygen atoms in total. The van der Waals surface area contributed by atoms with Crippen LogP contribution in [0.3, 0.4) is 0 Å². The molecule has 0 radical (unpaired) electrons. The van der Waals surface area contributed by atoms with Gasteiger partial charge >= 0.3 is 0 Å². The second-order valence-corrected chi connectivity index (χ2v) is 6.71. The van der Waals surface area contributed by atoms with Crippen molar-refractivity contribution in [3.8, 4) is 0 Å². The Bertz CT molecular complexity index is 699. The van der Waals surface area contributed by atoms with Gasteiger partial charge in [-0.2, -0.15) is 0 Å². The molecule has 0 bridgehead atoms. The highest BCUT2D eigenvalue weighted by atomic mass is 16.5. The normalized spacial score (nSPS) is 26.6. The number of benzene rings is 1. The fraction of sp³-hybridized carbons (Fsp3) is 0.474. The zero-order valence-electron chi connectivity index (χ0n) is 14.3. The Morgan fingerprint density at radius 3 is 2.58 bits per heavy atom. The van der Waals surface area contributed by atoms with Crippen LogP contribution in [-0.4, -0.2) is 31.1 Å². The van der Waals surface area contributed by atoms with E-state index in [0.29, 0.717) is 30.6 Å². The Morgan fingerprint density at radius 2 is 1.96 bits per heavy atom. The van der Waals surface area contributed by atoms with E-state index in [4.69, 9.17) is 9.47 Å². The fourth-order valence-corrected chi connectivity index (χ4v) is 3.82. The van der Waals surface area contributed by atoms with E-state index in [-0.39, 0.29) is 12.0 Å². The first kappa shape index (κ1) is 16.7. The average Bonchev–Trinajstić information content (AvgIpc) is 2.83. The summed E-state index contributed by atoms with van der Waals surface area (Å²) in [6, 6.07) is 5.96. The van der Waals surface area contributed by atoms with Gasteiger partial charge in [-0.3, -0.25) is 9.59 Å². The summed E-state index contributed by atoms with van der Waals surface area (Å²) in [6.07, 6.45) is 3.24. The minimum Gasteiger partial charge on any atom is -0.430 e. The number of ether oxygens (including phenoxy) is 2. The predicted molar refractivity (Wildman–Crippen MR) is 90.1 cm³/mol. The summed E-state index contributed by atoms with van der Waals surface area (Å²) in [7, 11) is 1.70. The number of hydrogen-bond acceptors (Lipinski definition) is 4. The van der Waals surface area contributed by atoms with E-state index >= 15 is 0 Å². The van der Waals surface area contributed by atoms with Gasteiger partial charge in [0.2, 0.25) is 0 Å². The maximum absolute atomic E-state index is 12.8. The third-order valence-electron chi connectivity index (χ3n) is 5.19. The lowest BCUT2D eigenvalue weighted by Crippen LogP contribution is -2.48. The molecule has 1 amide bonds. The van der Waals surface area contributed by atoms with Crippen LogP contribution in [0.2, 0.25) is 0 Å². The Labute approximate surface area is 142 Å². The van der Waals surface area contributed by atoms with Crippen molar-refractivity contribution < 1.29 is 19.1 Å². The van der Waals surface area contributed by atoms with Gasteiger partial charge in [0.1, 0.15) is 5.76 Å². The molecule has 0 aromatic heterocycles. The molecule has 1 fully saturated rings. The number of nitrogens with one attached hydrogen (secondary N) is 1. The Balaban J connectivity index is 2.08. The van der Waals surface area contributed by atoms with E-state index in [1.54, 1.807) is 7.11 Å². The minimum atomic E-state index is -0.599. The first-order valence-electron chi connectivity index (χ1n) is 8.29. The van der Waals surface area contributed by atoms with Crippen LogP contribution in [0.15, 0.2) is 24.0 Å². The van der Waals surface area contributed by atoms with Gasteiger partial charge in [-0.25, -0.2) is 0 Å². The van der Waals surface area contributed by atoms with Gasteiger partial charge in [0.05, 0.1) is 17.2 Å². The van der Waals surface area contributed by atoms with Crippen molar-refractivity contribution >= 4 is 18.0 Å². The highest BCUT2D eigenvalue weighted by molar-refractivity contribution is 6.23. The number of methoxy groups -OCH3 is 1. The van der Waals surface area contributed by atoms with Crippen molar-refractivity contribution in [3.63, 3.8) is 0 Å². The van der Waals surface area contributed by atoms with Crippen molar-refractivity contribution in [1.82, 2.24) is 5.32 Å². The van der Waals surface area contributed by atoms with Crippen LogP contribution in [0.1, 0.15) is 42.4 Å². The molecule has 1 aromatic rings. The molecule has 3 rings (SSSR count). The molecule has 0 unspecified atom stereocenters. The Hall–Kier alpha value is -2.14. The van der Waals surface area contributed by atoms with E-state index in [1.807, 2.05) is 32.0 Å². The third kappa shape index (κ3) is 2.73. The standard InChI is InChI=1S/C19H23NO4/c1-12-4-5-13(2)15(10-12)16-17(24-11-21)19(20-18(16)22)8-6-14(23-3)7-9-19/h4-5,10-11,14H,6-9H2,1-3H3,(H,20,22)/t14-,19+. The summed E-state index contributed by atoms with van der Waals surface area (Å²) in [5.74, 6) is 0.294. The zero-order chi connectivity index (χ0) is 17.3. The summed E-state index contributed by atoms with van der Waals surface area (Å²) in [4.78, 5) is 23.9. The molecule has 128 valence electrons.